The average Bonchev–Trinajstić information content (AvgIpc) is 3.58. The molecule has 1 atom stereocenters. The molecule has 1 amide bonds. The Morgan fingerprint density at radius 1 is 1.19 bits per heavy atom. The molecule has 1 N–H and O–H groups in total. The third-order valence-corrected chi connectivity index (χ3v) is 6.60. The van der Waals surface area contributed by atoms with Gasteiger partial charge < -0.3 is 19.9 Å². The average molecular weight is 439 g/mol. The highest BCUT2D eigenvalue weighted by Crippen LogP contribution is 2.51. The SMILES string of the molecule is N#C[C@@]1(C2CC2)CCN(c2ccnc(Nc3ccc(N4CCOCC4)c(Cl)n3)c2)C1=O. The Morgan fingerprint density at radius 2 is 2.00 bits per heavy atom. The van der Waals surface area contributed by atoms with Crippen molar-refractivity contribution < 1.29 is 9.53 Å². The summed E-state index contributed by atoms with van der Waals surface area (Å²) in [7, 11) is 0. The van der Waals surface area contributed by atoms with Gasteiger partial charge in [0, 0.05) is 37.6 Å². The first-order valence-corrected chi connectivity index (χ1v) is 10.9. The molecule has 0 radical (unpaired) electrons. The number of hydrogen-bond acceptors (Lipinski definition) is 7. The molecule has 2 aliphatic heterocycles. The Labute approximate surface area is 185 Å². The molecule has 0 unspecified atom stereocenters. The maximum Gasteiger partial charge on any atom is 0.247 e. The number of aromatic nitrogens is 2. The molecule has 0 aromatic carbocycles. The normalized spacial score (nSPS) is 23.7. The predicted octanol–water partition coefficient (Wildman–Crippen LogP) is 3.37. The Kier molecular flexibility index (Phi) is 5.16. The van der Waals surface area contributed by atoms with Gasteiger partial charge in [-0.15, -0.1) is 0 Å². The molecule has 9 heteroatoms. The second-order valence-electron chi connectivity index (χ2n) is 8.19. The van der Waals surface area contributed by atoms with Gasteiger partial charge in [0.25, 0.3) is 0 Å². The highest BCUT2D eigenvalue weighted by molar-refractivity contribution is 6.32. The summed E-state index contributed by atoms with van der Waals surface area (Å²) in [5, 5.41) is 13.3. The number of halogens is 1. The standard InChI is InChI=1S/C22H23ClN6O2/c23-20-17(28-9-11-31-12-10-28)3-4-18(27-20)26-19-13-16(5-7-25-19)29-8-6-22(14-24,21(29)30)15-1-2-15/h3-5,7,13,15H,1-2,6,8-12H2,(H,25,26,27)/t22-/m1/s1. The molecule has 2 aromatic heterocycles. The summed E-state index contributed by atoms with van der Waals surface area (Å²) in [5.74, 6) is 1.24. The van der Waals surface area contributed by atoms with Crippen LogP contribution in [0.4, 0.5) is 23.0 Å². The van der Waals surface area contributed by atoms with Crippen LogP contribution in [0.25, 0.3) is 0 Å². The maximum absolute atomic E-state index is 13.1. The number of rotatable bonds is 5. The van der Waals surface area contributed by atoms with Crippen LogP contribution < -0.4 is 15.1 Å². The third-order valence-electron chi connectivity index (χ3n) is 6.32. The molecular formula is C22H23ClN6O2. The van der Waals surface area contributed by atoms with Gasteiger partial charge in [-0.05, 0) is 43.4 Å². The van der Waals surface area contributed by atoms with Gasteiger partial charge in [0.1, 0.15) is 17.1 Å². The van der Waals surface area contributed by atoms with Gasteiger partial charge in [0.05, 0.1) is 25.0 Å². The summed E-state index contributed by atoms with van der Waals surface area (Å²) >= 11 is 6.43. The minimum atomic E-state index is -0.860. The lowest BCUT2D eigenvalue weighted by molar-refractivity contribution is -0.123. The molecule has 2 aromatic rings. The van der Waals surface area contributed by atoms with Crippen LogP contribution in [0, 0.1) is 22.7 Å². The molecule has 4 heterocycles. The van der Waals surface area contributed by atoms with Crippen LogP contribution in [0.2, 0.25) is 5.15 Å². The van der Waals surface area contributed by atoms with E-state index < -0.39 is 5.41 Å². The van der Waals surface area contributed by atoms with E-state index in [0.717, 1.165) is 37.3 Å². The number of amides is 1. The number of morpholine rings is 1. The first kappa shape index (κ1) is 20.0. The molecular weight excluding hydrogens is 416 g/mol. The molecule has 1 saturated carbocycles. The zero-order valence-electron chi connectivity index (χ0n) is 17.1. The lowest BCUT2D eigenvalue weighted by Gasteiger charge is -2.29. The van der Waals surface area contributed by atoms with E-state index >= 15 is 0 Å². The molecule has 160 valence electrons. The molecule has 8 nitrogen and oxygen atoms in total. The number of hydrogen-bond donors (Lipinski definition) is 1. The van der Waals surface area contributed by atoms with Crippen molar-refractivity contribution in [2.45, 2.75) is 19.3 Å². The van der Waals surface area contributed by atoms with E-state index in [1.54, 1.807) is 17.2 Å². The summed E-state index contributed by atoms with van der Waals surface area (Å²) in [4.78, 5) is 25.7. The van der Waals surface area contributed by atoms with Crippen molar-refractivity contribution in [3.8, 4) is 6.07 Å². The summed E-state index contributed by atoms with van der Waals surface area (Å²) in [6.45, 7) is 3.47. The van der Waals surface area contributed by atoms with Crippen LogP contribution >= 0.6 is 11.6 Å². The monoisotopic (exact) mass is 438 g/mol. The zero-order chi connectivity index (χ0) is 21.4. The number of nitriles is 1. The minimum Gasteiger partial charge on any atom is -0.378 e. The first-order chi connectivity index (χ1) is 15.1. The molecule has 2 saturated heterocycles. The van der Waals surface area contributed by atoms with Crippen LogP contribution in [0.15, 0.2) is 30.5 Å². The smallest absolute Gasteiger partial charge is 0.247 e. The maximum atomic E-state index is 13.1. The van der Waals surface area contributed by atoms with E-state index in [-0.39, 0.29) is 11.8 Å². The second kappa shape index (κ2) is 7.98. The number of pyridine rings is 2. The van der Waals surface area contributed by atoms with E-state index in [1.165, 1.54) is 0 Å². The van der Waals surface area contributed by atoms with Crippen molar-refractivity contribution in [2.75, 3.05) is 48.0 Å². The van der Waals surface area contributed by atoms with Gasteiger partial charge in [-0.3, -0.25) is 4.79 Å². The number of carbonyl (C=O) groups excluding carboxylic acids is 1. The highest BCUT2D eigenvalue weighted by atomic mass is 35.5. The Morgan fingerprint density at radius 3 is 2.71 bits per heavy atom. The van der Waals surface area contributed by atoms with Gasteiger partial charge in [-0.2, -0.15) is 5.26 Å². The van der Waals surface area contributed by atoms with Crippen molar-refractivity contribution in [2.24, 2.45) is 11.3 Å². The topological polar surface area (TPSA) is 94.4 Å². The van der Waals surface area contributed by atoms with Gasteiger partial charge >= 0.3 is 0 Å². The number of nitrogens with one attached hydrogen (secondary N) is 1. The van der Waals surface area contributed by atoms with Crippen LogP contribution in [0.5, 0.6) is 0 Å². The molecule has 0 spiro atoms. The molecule has 31 heavy (non-hydrogen) atoms. The summed E-state index contributed by atoms with van der Waals surface area (Å²) in [6, 6.07) is 9.73. The van der Waals surface area contributed by atoms with Crippen molar-refractivity contribution >= 4 is 40.5 Å². The number of carbonyl (C=O) groups is 1. The lowest BCUT2D eigenvalue weighted by atomic mass is 9.83. The van der Waals surface area contributed by atoms with E-state index in [1.807, 2.05) is 18.2 Å². The fraction of sp³-hybridized carbons (Fsp3) is 0.455. The van der Waals surface area contributed by atoms with E-state index in [2.05, 4.69) is 26.3 Å². The summed E-state index contributed by atoms with van der Waals surface area (Å²) in [5.41, 5.74) is 0.755. The lowest BCUT2D eigenvalue weighted by Crippen LogP contribution is -2.36. The molecule has 0 bridgehead atoms. The van der Waals surface area contributed by atoms with E-state index in [0.29, 0.717) is 43.0 Å². The van der Waals surface area contributed by atoms with Crippen LogP contribution in [-0.4, -0.2) is 48.7 Å². The van der Waals surface area contributed by atoms with Gasteiger partial charge in [0.15, 0.2) is 5.15 Å². The molecule has 1 aliphatic carbocycles. The number of nitrogens with zero attached hydrogens (tertiary/aromatic N) is 5. The van der Waals surface area contributed by atoms with Crippen LogP contribution in [0.1, 0.15) is 19.3 Å². The molecule has 3 fully saturated rings. The van der Waals surface area contributed by atoms with Gasteiger partial charge in [-0.1, -0.05) is 11.6 Å². The van der Waals surface area contributed by atoms with Crippen molar-refractivity contribution in [3.63, 3.8) is 0 Å². The second-order valence-corrected chi connectivity index (χ2v) is 8.55. The Hall–Kier alpha value is -2.89. The fourth-order valence-electron chi connectivity index (χ4n) is 4.46. The Balaban J connectivity index is 1.33. The summed E-state index contributed by atoms with van der Waals surface area (Å²) < 4.78 is 5.39. The van der Waals surface area contributed by atoms with Crippen LogP contribution in [0.3, 0.4) is 0 Å². The Bertz CT molecular complexity index is 1050. The minimum absolute atomic E-state index is 0.0920. The van der Waals surface area contributed by atoms with Gasteiger partial charge in [0.2, 0.25) is 5.91 Å². The molecule has 5 rings (SSSR count). The van der Waals surface area contributed by atoms with Crippen LogP contribution in [-0.2, 0) is 9.53 Å². The van der Waals surface area contributed by atoms with Crippen molar-refractivity contribution in [1.29, 1.82) is 5.26 Å². The largest absolute Gasteiger partial charge is 0.378 e. The van der Waals surface area contributed by atoms with E-state index in [9.17, 15) is 10.1 Å². The zero-order valence-corrected chi connectivity index (χ0v) is 17.8. The third kappa shape index (κ3) is 3.68. The highest BCUT2D eigenvalue weighted by Gasteiger charge is 2.56. The van der Waals surface area contributed by atoms with Gasteiger partial charge in [-0.25, -0.2) is 9.97 Å². The first-order valence-electron chi connectivity index (χ1n) is 10.6. The van der Waals surface area contributed by atoms with Crippen molar-refractivity contribution in [3.05, 3.63) is 35.6 Å². The summed E-state index contributed by atoms with van der Waals surface area (Å²) in [6.07, 6.45) is 4.16. The number of anilines is 4. The van der Waals surface area contributed by atoms with Crippen molar-refractivity contribution in [1.82, 2.24) is 9.97 Å². The predicted molar refractivity (Wildman–Crippen MR) is 118 cm³/mol. The number of ether oxygens (including phenoxy) is 1. The molecule has 3 aliphatic rings. The quantitative estimate of drug-likeness (QED) is 0.715. The van der Waals surface area contributed by atoms with E-state index in [4.69, 9.17) is 16.3 Å². The fourth-order valence-corrected chi connectivity index (χ4v) is 4.73.